The molecule has 7 N–H and O–H groups in total. The molecule has 3 unspecified atom stereocenters. The molecular formula is C16H25N7O4. The summed E-state index contributed by atoms with van der Waals surface area (Å²) in [6.07, 6.45) is 2.19. The number of nitrogens with two attached hydrogens (primary N) is 2. The van der Waals surface area contributed by atoms with Crippen molar-refractivity contribution in [3.63, 3.8) is 0 Å². The first-order chi connectivity index (χ1) is 13.0. The van der Waals surface area contributed by atoms with E-state index in [1.165, 1.54) is 12.7 Å². The molecule has 1 aliphatic rings. The van der Waals surface area contributed by atoms with E-state index in [4.69, 9.17) is 16.2 Å². The lowest BCUT2D eigenvalue weighted by Gasteiger charge is -2.24. The van der Waals surface area contributed by atoms with Gasteiger partial charge in [-0.05, 0) is 6.42 Å². The molecule has 11 nitrogen and oxygen atoms in total. The third kappa shape index (κ3) is 3.72. The van der Waals surface area contributed by atoms with Crippen LogP contribution in [-0.4, -0.2) is 66.5 Å². The summed E-state index contributed by atoms with van der Waals surface area (Å²) in [5.74, 6) is -0.184. The number of aliphatic hydroxyl groups excluding tert-OH is 2. The van der Waals surface area contributed by atoms with Gasteiger partial charge in [-0.15, -0.1) is 0 Å². The average Bonchev–Trinajstić information content (AvgIpc) is 3.22. The smallest absolute Gasteiger partial charge is 0.237 e. The zero-order valence-corrected chi connectivity index (χ0v) is 15.0. The minimum atomic E-state index is -1.13. The van der Waals surface area contributed by atoms with Gasteiger partial charge in [-0.2, -0.15) is 0 Å². The summed E-state index contributed by atoms with van der Waals surface area (Å²) < 4.78 is 7.31. The number of nitrogens with one attached hydrogen (secondary N) is 1. The average molecular weight is 379 g/mol. The van der Waals surface area contributed by atoms with Crippen LogP contribution in [-0.2, 0) is 9.53 Å². The van der Waals surface area contributed by atoms with Crippen LogP contribution in [0, 0.1) is 0 Å². The number of hydrogen-bond donors (Lipinski definition) is 5. The molecule has 0 spiro atoms. The topological polar surface area (TPSA) is 174 Å². The van der Waals surface area contributed by atoms with E-state index in [1.807, 2.05) is 6.92 Å². The van der Waals surface area contributed by atoms with Crippen LogP contribution in [0.4, 0.5) is 5.82 Å². The molecule has 5 atom stereocenters. The lowest BCUT2D eigenvalue weighted by atomic mass is 10.1. The van der Waals surface area contributed by atoms with Crippen LogP contribution in [0.5, 0.6) is 0 Å². The number of carbonyl (C=O) groups excluding carboxylic acids is 1. The number of amides is 1. The van der Waals surface area contributed by atoms with Gasteiger partial charge in [0.15, 0.2) is 17.7 Å². The maximum absolute atomic E-state index is 12.4. The molecule has 1 saturated heterocycles. The molecule has 1 aliphatic heterocycles. The first-order valence-corrected chi connectivity index (χ1v) is 8.91. The first-order valence-electron chi connectivity index (χ1n) is 8.91. The highest BCUT2D eigenvalue weighted by Gasteiger charge is 2.46. The molecule has 1 amide bonds. The third-order valence-corrected chi connectivity index (χ3v) is 4.73. The lowest BCUT2D eigenvalue weighted by Crippen LogP contribution is -2.51. The number of aliphatic hydroxyl groups is 2. The molecular weight excluding hydrogens is 354 g/mol. The summed E-state index contributed by atoms with van der Waals surface area (Å²) in [5.41, 5.74) is 12.5. The van der Waals surface area contributed by atoms with Gasteiger partial charge in [0.05, 0.1) is 19.0 Å². The van der Waals surface area contributed by atoms with Crippen LogP contribution in [0.15, 0.2) is 12.7 Å². The Morgan fingerprint density at radius 3 is 2.93 bits per heavy atom. The Morgan fingerprint density at radius 1 is 1.44 bits per heavy atom. The normalized spacial score (nSPS) is 26.4. The fourth-order valence-corrected chi connectivity index (χ4v) is 3.17. The third-order valence-electron chi connectivity index (χ3n) is 4.73. The number of ether oxygens (including phenoxy) is 1. The number of fused-ring (bicyclic) bond motifs is 1. The van der Waals surface area contributed by atoms with Gasteiger partial charge in [-0.3, -0.25) is 9.36 Å². The van der Waals surface area contributed by atoms with Crippen LogP contribution in [0.25, 0.3) is 11.2 Å². The lowest BCUT2D eigenvalue weighted by molar-refractivity contribution is -0.124. The van der Waals surface area contributed by atoms with E-state index in [2.05, 4.69) is 20.3 Å². The molecule has 3 heterocycles. The van der Waals surface area contributed by atoms with Crippen molar-refractivity contribution in [2.24, 2.45) is 5.73 Å². The van der Waals surface area contributed by atoms with Crippen molar-refractivity contribution in [2.45, 2.75) is 56.7 Å². The van der Waals surface area contributed by atoms with Gasteiger partial charge in [-0.25, -0.2) is 15.0 Å². The molecule has 0 saturated carbocycles. The quantitative estimate of drug-likeness (QED) is 0.390. The van der Waals surface area contributed by atoms with E-state index in [9.17, 15) is 15.0 Å². The molecule has 27 heavy (non-hydrogen) atoms. The number of nitrogen functional groups attached to an aromatic ring is 1. The molecule has 2 aromatic heterocycles. The van der Waals surface area contributed by atoms with E-state index >= 15 is 0 Å². The Bertz CT molecular complexity index is 798. The molecule has 3 rings (SSSR count). The van der Waals surface area contributed by atoms with Gasteiger partial charge < -0.3 is 31.7 Å². The Kier molecular flexibility index (Phi) is 5.85. The van der Waals surface area contributed by atoms with Crippen molar-refractivity contribution < 1.29 is 19.7 Å². The van der Waals surface area contributed by atoms with Crippen molar-refractivity contribution >= 4 is 22.9 Å². The zero-order valence-electron chi connectivity index (χ0n) is 15.0. The molecule has 0 bridgehead atoms. The van der Waals surface area contributed by atoms with Crippen LogP contribution in [0.1, 0.15) is 32.4 Å². The second-order valence-electron chi connectivity index (χ2n) is 6.60. The van der Waals surface area contributed by atoms with Gasteiger partial charge in [0, 0.05) is 0 Å². The van der Waals surface area contributed by atoms with Crippen LogP contribution < -0.4 is 16.8 Å². The van der Waals surface area contributed by atoms with Gasteiger partial charge >= 0.3 is 0 Å². The zero-order chi connectivity index (χ0) is 19.6. The van der Waals surface area contributed by atoms with Gasteiger partial charge in [0.1, 0.15) is 30.1 Å². The standard InChI is InChI=1S/C16H25N7O4/c1-2-3-4-8(17)15(26)22-10-12(25)9(5-24)27-16(10)23-7-21-11-13(18)19-6-20-14(11)23/h6-10,12,16,24-25H,2-5,17H2,1H3,(H,22,26)(H2,18,19,20)/t8?,9-,10?,12?,16-/m1/s1. The Hall–Kier alpha value is -2.34. The monoisotopic (exact) mass is 379 g/mol. The number of carbonyl (C=O) groups is 1. The summed E-state index contributed by atoms with van der Waals surface area (Å²) in [4.78, 5) is 24.7. The summed E-state index contributed by atoms with van der Waals surface area (Å²) in [7, 11) is 0. The molecule has 0 radical (unpaired) electrons. The molecule has 148 valence electrons. The maximum atomic E-state index is 12.4. The van der Waals surface area contributed by atoms with Gasteiger partial charge in [0.25, 0.3) is 0 Å². The maximum Gasteiger partial charge on any atom is 0.237 e. The van der Waals surface area contributed by atoms with Gasteiger partial charge in [-0.1, -0.05) is 19.8 Å². The molecule has 0 aliphatic carbocycles. The Balaban J connectivity index is 1.87. The first kappa shape index (κ1) is 19.4. The van der Waals surface area contributed by atoms with Crippen molar-refractivity contribution in [3.05, 3.63) is 12.7 Å². The number of nitrogens with zero attached hydrogens (tertiary/aromatic N) is 4. The van der Waals surface area contributed by atoms with E-state index < -0.39 is 43.0 Å². The number of aromatic nitrogens is 4. The number of unbranched alkanes of at least 4 members (excludes halogenated alkanes) is 1. The van der Waals surface area contributed by atoms with E-state index in [0.29, 0.717) is 17.6 Å². The van der Waals surface area contributed by atoms with Crippen molar-refractivity contribution in [2.75, 3.05) is 12.3 Å². The number of hydrogen-bond acceptors (Lipinski definition) is 9. The summed E-state index contributed by atoms with van der Waals surface area (Å²) in [6.45, 7) is 1.61. The number of imidazole rings is 1. The summed E-state index contributed by atoms with van der Waals surface area (Å²) >= 11 is 0. The van der Waals surface area contributed by atoms with Crippen molar-refractivity contribution in [1.29, 1.82) is 0 Å². The number of anilines is 1. The number of rotatable bonds is 7. The largest absolute Gasteiger partial charge is 0.394 e. The molecule has 2 aromatic rings. The van der Waals surface area contributed by atoms with Crippen LogP contribution in [0.2, 0.25) is 0 Å². The fourth-order valence-electron chi connectivity index (χ4n) is 3.17. The van der Waals surface area contributed by atoms with Crippen molar-refractivity contribution in [3.8, 4) is 0 Å². The molecule has 0 aromatic carbocycles. The van der Waals surface area contributed by atoms with E-state index in [-0.39, 0.29) is 5.82 Å². The van der Waals surface area contributed by atoms with Crippen LogP contribution in [0.3, 0.4) is 0 Å². The molecule has 11 heteroatoms. The minimum absolute atomic E-state index is 0.207. The second kappa shape index (κ2) is 8.13. The summed E-state index contributed by atoms with van der Waals surface area (Å²) in [6, 6.07) is -1.53. The molecule has 1 fully saturated rings. The van der Waals surface area contributed by atoms with Crippen molar-refractivity contribution in [1.82, 2.24) is 24.8 Å². The highest BCUT2D eigenvalue weighted by molar-refractivity contribution is 5.82. The summed E-state index contributed by atoms with van der Waals surface area (Å²) in [5, 5.41) is 22.8. The second-order valence-corrected chi connectivity index (χ2v) is 6.60. The fraction of sp³-hybridized carbons (Fsp3) is 0.625. The van der Waals surface area contributed by atoms with Crippen LogP contribution >= 0.6 is 0 Å². The van der Waals surface area contributed by atoms with E-state index in [1.54, 1.807) is 4.57 Å². The Labute approximate surface area is 155 Å². The highest BCUT2D eigenvalue weighted by Crippen LogP contribution is 2.32. The predicted molar refractivity (Wildman–Crippen MR) is 96.2 cm³/mol. The predicted octanol–water partition coefficient (Wildman–Crippen LogP) is -1.34. The highest BCUT2D eigenvalue weighted by atomic mass is 16.5. The SMILES string of the molecule is CCCCC(N)C(=O)NC1C(O)[C@@H](CO)O[C@H]1n1cnc2c(N)ncnc21. The van der Waals surface area contributed by atoms with E-state index in [0.717, 1.165) is 12.8 Å². The Morgan fingerprint density at radius 2 is 2.22 bits per heavy atom. The minimum Gasteiger partial charge on any atom is -0.394 e. The van der Waals surface area contributed by atoms with Gasteiger partial charge in [0.2, 0.25) is 5.91 Å².